The summed E-state index contributed by atoms with van der Waals surface area (Å²) >= 11 is 2.65. The predicted molar refractivity (Wildman–Crippen MR) is 42.9 cm³/mol. The number of carboxylic acid groups (broad SMARTS) is 1. The van der Waals surface area contributed by atoms with E-state index in [1.165, 1.54) is 6.07 Å². The lowest BCUT2D eigenvalue weighted by Gasteiger charge is -1.99. The van der Waals surface area contributed by atoms with Gasteiger partial charge >= 0.3 is 5.97 Å². The molecule has 12 heavy (non-hydrogen) atoms. The van der Waals surface area contributed by atoms with E-state index in [1.807, 2.05) is 0 Å². The molecule has 0 aliphatic carbocycles. The van der Waals surface area contributed by atoms with Crippen molar-refractivity contribution in [3.05, 3.63) is 29.6 Å². The zero-order chi connectivity index (χ0) is 9.14. The first-order valence-electron chi connectivity index (χ1n) is 2.96. The molecule has 0 bridgehead atoms. The molecule has 0 saturated carbocycles. The SMILES string of the molecule is O=C(O)c1cc(OBr)ccc1F. The van der Waals surface area contributed by atoms with Gasteiger partial charge in [-0.1, -0.05) is 0 Å². The van der Waals surface area contributed by atoms with Crippen molar-refractivity contribution in [3.63, 3.8) is 0 Å². The maximum atomic E-state index is 12.7. The van der Waals surface area contributed by atoms with Gasteiger partial charge in [0.2, 0.25) is 0 Å². The molecule has 64 valence electrons. The Labute approximate surface area is 76.2 Å². The zero-order valence-corrected chi connectivity index (χ0v) is 7.34. The van der Waals surface area contributed by atoms with Crippen LogP contribution in [-0.2, 0) is 0 Å². The molecule has 0 aliphatic heterocycles. The highest BCUT2D eigenvalue weighted by Crippen LogP contribution is 2.18. The molecule has 5 heteroatoms. The molecule has 3 nitrogen and oxygen atoms in total. The van der Waals surface area contributed by atoms with Crippen molar-refractivity contribution in [2.75, 3.05) is 0 Å². The van der Waals surface area contributed by atoms with Crippen molar-refractivity contribution in [2.24, 2.45) is 0 Å². The molecule has 1 rings (SSSR count). The molecular formula is C7H4BrFO3. The predicted octanol–water partition coefficient (Wildman–Crippen LogP) is 2.21. The molecule has 0 aromatic heterocycles. The van der Waals surface area contributed by atoms with Crippen molar-refractivity contribution >= 4 is 22.2 Å². The third kappa shape index (κ3) is 1.73. The van der Waals surface area contributed by atoms with E-state index >= 15 is 0 Å². The number of halogens is 2. The average molecular weight is 235 g/mol. The molecule has 0 unspecified atom stereocenters. The summed E-state index contributed by atoms with van der Waals surface area (Å²) in [7, 11) is 0. The zero-order valence-electron chi connectivity index (χ0n) is 5.75. The van der Waals surface area contributed by atoms with Crippen LogP contribution in [-0.4, -0.2) is 11.1 Å². The van der Waals surface area contributed by atoms with E-state index in [4.69, 9.17) is 5.11 Å². The minimum absolute atomic E-state index is 0.244. The van der Waals surface area contributed by atoms with Crippen LogP contribution in [0.15, 0.2) is 18.2 Å². The maximum absolute atomic E-state index is 12.7. The Kier molecular flexibility index (Phi) is 2.65. The van der Waals surface area contributed by atoms with Crippen molar-refractivity contribution in [1.82, 2.24) is 0 Å². The first-order valence-corrected chi connectivity index (χ1v) is 3.61. The second kappa shape index (κ2) is 3.53. The Morgan fingerprint density at radius 2 is 2.25 bits per heavy atom. The lowest BCUT2D eigenvalue weighted by molar-refractivity contribution is 0.0691. The first-order chi connectivity index (χ1) is 5.65. The number of hydrogen-bond acceptors (Lipinski definition) is 2. The summed E-state index contributed by atoms with van der Waals surface area (Å²) in [4.78, 5) is 10.4. The van der Waals surface area contributed by atoms with Gasteiger partial charge in [0.25, 0.3) is 0 Å². The minimum atomic E-state index is -1.32. The number of benzene rings is 1. The van der Waals surface area contributed by atoms with Crippen LogP contribution in [0.4, 0.5) is 4.39 Å². The minimum Gasteiger partial charge on any atom is -0.478 e. The Morgan fingerprint density at radius 1 is 1.58 bits per heavy atom. The fourth-order valence-electron chi connectivity index (χ4n) is 0.716. The van der Waals surface area contributed by atoms with E-state index in [1.54, 1.807) is 0 Å². The van der Waals surface area contributed by atoms with Crippen LogP contribution in [0.1, 0.15) is 10.4 Å². The van der Waals surface area contributed by atoms with E-state index in [2.05, 4.69) is 20.1 Å². The molecule has 0 aliphatic rings. The summed E-state index contributed by atoms with van der Waals surface area (Å²) in [5, 5.41) is 8.47. The van der Waals surface area contributed by atoms with Crippen molar-refractivity contribution in [3.8, 4) is 5.75 Å². The highest BCUT2D eigenvalue weighted by atomic mass is 79.9. The normalized spacial score (nSPS) is 9.50. The second-order valence-electron chi connectivity index (χ2n) is 2.02. The Morgan fingerprint density at radius 3 is 2.75 bits per heavy atom. The van der Waals surface area contributed by atoms with Crippen LogP contribution >= 0.6 is 16.3 Å². The Balaban J connectivity index is 3.17. The molecule has 0 amide bonds. The molecule has 0 fully saturated rings. The van der Waals surface area contributed by atoms with Gasteiger partial charge in [-0.25, -0.2) is 9.18 Å². The summed E-state index contributed by atoms with van der Waals surface area (Å²) in [6, 6.07) is 3.43. The molecule has 0 radical (unpaired) electrons. The lowest BCUT2D eigenvalue weighted by Crippen LogP contribution is -1.99. The molecular weight excluding hydrogens is 231 g/mol. The molecule has 1 N–H and O–H groups in total. The van der Waals surface area contributed by atoms with Crippen molar-refractivity contribution in [2.45, 2.75) is 0 Å². The average Bonchev–Trinajstić information content (AvgIpc) is 2.05. The molecule has 1 aromatic rings. The van der Waals surface area contributed by atoms with E-state index < -0.39 is 17.3 Å². The van der Waals surface area contributed by atoms with E-state index in [0.29, 0.717) is 0 Å². The quantitative estimate of drug-likeness (QED) is 0.854. The van der Waals surface area contributed by atoms with E-state index in [9.17, 15) is 9.18 Å². The van der Waals surface area contributed by atoms with Crippen LogP contribution in [0, 0.1) is 5.82 Å². The van der Waals surface area contributed by atoms with Gasteiger partial charge in [-0.2, -0.15) is 0 Å². The van der Waals surface area contributed by atoms with E-state index in [0.717, 1.165) is 12.1 Å². The van der Waals surface area contributed by atoms with Crippen LogP contribution in [0.5, 0.6) is 5.75 Å². The molecule has 0 heterocycles. The van der Waals surface area contributed by atoms with Crippen molar-refractivity contribution in [1.29, 1.82) is 0 Å². The van der Waals surface area contributed by atoms with Gasteiger partial charge in [-0.05, 0) is 18.2 Å². The fraction of sp³-hybridized carbons (Fsp3) is 0. The summed E-state index contributed by atoms with van der Waals surface area (Å²) in [5.41, 5.74) is -0.410. The van der Waals surface area contributed by atoms with Crippen LogP contribution in [0.3, 0.4) is 0 Å². The number of carboxylic acids is 1. The van der Waals surface area contributed by atoms with Gasteiger partial charge < -0.3 is 8.93 Å². The number of aromatic carboxylic acids is 1. The fourth-order valence-corrected chi connectivity index (χ4v) is 0.918. The molecule has 1 aromatic carbocycles. The summed E-state index contributed by atoms with van der Waals surface area (Å²) < 4.78 is 17.2. The van der Waals surface area contributed by atoms with Gasteiger partial charge in [0.05, 0.1) is 5.56 Å². The van der Waals surface area contributed by atoms with Gasteiger partial charge in [-0.3, -0.25) is 0 Å². The summed E-state index contributed by atoms with van der Waals surface area (Å²) in [6.07, 6.45) is 0. The largest absolute Gasteiger partial charge is 0.478 e. The van der Waals surface area contributed by atoms with Gasteiger partial charge in [0.15, 0.2) is 16.3 Å². The van der Waals surface area contributed by atoms with Crippen LogP contribution in [0.25, 0.3) is 0 Å². The molecule has 0 atom stereocenters. The number of hydrogen-bond donors (Lipinski definition) is 1. The van der Waals surface area contributed by atoms with Gasteiger partial charge in [-0.15, -0.1) is 0 Å². The summed E-state index contributed by atoms with van der Waals surface area (Å²) in [5.74, 6) is -1.86. The monoisotopic (exact) mass is 234 g/mol. The van der Waals surface area contributed by atoms with Gasteiger partial charge in [0.1, 0.15) is 11.6 Å². The summed E-state index contributed by atoms with van der Waals surface area (Å²) in [6.45, 7) is 0. The third-order valence-corrected chi connectivity index (χ3v) is 1.63. The van der Waals surface area contributed by atoms with Gasteiger partial charge in [0, 0.05) is 0 Å². The Bertz CT molecular complexity index is 314. The van der Waals surface area contributed by atoms with Crippen molar-refractivity contribution < 1.29 is 18.1 Å². The molecule has 0 saturated heterocycles. The standard InChI is InChI=1S/C7H4BrFO3/c8-12-4-1-2-6(9)5(3-4)7(10)11/h1-3H,(H,10,11). The first kappa shape index (κ1) is 8.99. The highest BCUT2D eigenvalue weighted by molar-refractivity contribution is 9.06. The topological polar surface area (TPSA) is 46.5 Å². The van der Waals surface area contributed by atoms with E-state index in [-0.39, 0.29) is 5.75 Å². The second-order valence-corrected chi connectivity index (χ2v) is 2.35. The van der Waals surface area contributed by atoms with Crippen LogP contribution < -0.4 is 3.83 Å². The Hall–Kier alpha value is -1.10. The number of carbonyl (C=O) groups is 1. The van der Waals surface area contributed by atoms with Crippen LogP contribution in [0.2, 0.25) is 0 Å². The highest BCUT2D eigenvalue weighted by Gasteiger charge is 2.10. The lowest BCUT2D eigenvalue weighted by atomic mass is 10.2. The third-order valence-electron chi connectivity index (χ3n) is 1.26. The smallest absolute Gasteiger partial charge is 0.338 e. The molecule has 0 spiro atoms. The number of rotatable bonds is 2. The maximum Gasteiger partial charge on any atom is 0.338 e.